The van der Waals surface area contributed by atoms with Gasteiger partial charge in [-0.3, -0.25) is 9.59 Å². The number of hydrogen-bond acceptors (Lipinski definition) is 5. The summed E-state index contributed by atoms with van der Waals surface area (Å²) in [6, 6.07) is 9.61. The molecular formula is C31H44F3N3O4. The Morgan fingerprint density at radius 1 is 1.02 bits per heavy atom. The number of alkyl halides is 3. The summed E-state index contributed by atoms with van der Waals surface area (Å²) in [7, 11) is 0. The minimum absolute atomic E-state index is 0.0617. The number of benzene rings is 2. The van der Waals surface area contributed by atoms with E-state index in [0.29, 0.717) is 36.7 Å². The van der Waals surface area contributed by atoms with Crippen molar-refractivity contribution in [2.75, 3.05) is 26.2 Å². The number of ether oxygens (including phenoxy) is 1. The first-order valence-corrected chi connectivity index (χ1v) is 14.3. The maximum atomic E-state index is 13.4. The Kier molecular flexibility index (Phi) is 13.6. The minimum Gasteiger partial charge on any atom is -0.406 e. The van der Waals surface area contributed by atoms with E-state index < -0.39 is 24.4 Å². The van der Waals surface area contributed by atoms with Crippen molar-refractivity contribution in [2.24, 2.45) is 5.92 Å². The lowest BCUT2D eigenvalue weighted by Gasteiger charge is -2.26. The van der Waals surface area contributed by atoms with E-state index in [1.807, 2.05) is 13.8 Å². The number of aliphatic hydroxyl groups is 1. The van der Waals surface area contributed by atoms with E-state index in [1.54, 1.807) is 36.1 Å². The molecule has 0 fully saturated rings. The molecule has 7 nitrogen and oxygen atoms in total. The summed E-state index contributed by atoms with van der Waals surface area (Å²) in [5.41, 5.74) is 1.86. The molecule has 0 radical (unpaired) electrons. The van der Waals surface area contributed by atoms with Crippen molar-refractivity contribution >= 4 is 11.8 Å². The van der Waals surface area contributed by atoms with Crippen molar-refractivity contribution in [1.82, 2.24) is 15.5 Å². The third kappa shape index (κ3) is 12.1. The van der Waals surface area contributed by atoms with Crippen LogP contribution in [0, 0.1) is 12.8 Å². The Morgan fingerprint density at radius 2 is 1.68 bits per heavy atom. The maximum absolute atomic E-state index is 13.4. The second-order valence-corrected chi connectivity index (χ2v) is 10.8. The zero-order valence-electron chi connectivity index (χ0n) is 24.7. The van der Waals surface area contributed by atoms with Crippen molar-refractivity contribution < 1.29 is 32.6 Å². The van der Waals surface area contributed by atoms with E-state index in [4.69, 9.17) is 0 Å². The summed E-state index contributed by atoms with van der Waals surface area (Å²) < 4.78 is 42.3. The quantitative estimate of drug-likeness (QED) is 0.229. The number of rotatable bonds is 16. The number of amides is 2. The molecule has 3 N–H and O–H groups in total. The molecule has 2 atom stereocenters. The van der Waals surface area contributed by atoms with Crippen LogP contribution in [0.4, 0.5) is 13.2 Å². The van der Waals surface area contributed by atoms with Crippen molar-refractivity contribution in [3.8, 4) is 5.75 Å². The second-order valence-electron chi connectivity index (χ2n) is 10.8. The summed E-state index contributed by atoms with van der Waals surface area (Å²) in [5, 5.41) is 17.1. The first-order valence-electron chi connectivity index (χ1n) is 14.3. The van der Waals surface area contributed by atoms with Gasteiger partial charge in [-0.15, -0.1) is 13.2 Å². The van der Waals surface area contributed by atoms with Crippen LogP contribution in [-0.2, 0) is 6.42 Å². The van der Waals surface area contributed by atoms with Gasteiger partial charge in [-0.25, -0.2) is 0 Å². The Labute approximate surface area is 241 Å². The van der Waals surface area contributed by atoms with Crippen LogP contribution in [0.1, 0.15) is 78.8 Å². The number of hydrogen-bond donors (Lipinski definition) is 3. The van der Waals surface area contributed by atoms with E-state index in [9.17, 15) is 27.9 Å². The SMILES string of the molecule is CCCN(CCC)C(=O)c1cc(C)cc(C(=O)N[C@@H](Cc2cccc(OC(F)(F)F)c2)[C@H](O)CNCCC(C)C)c1. The van der Waals surface area contributed by atoms with Crippen LogP contribution in [0.15, 0.2) is 42.5 Å². The predicted octanol–water partition coefficient (Wildman–Crippen LogP) is 5.49. The number of carbonyl (C=O) groups excluding carboxylic acids is 2. The third-order valence-electron chi connectivity index (χ3n) is 6.48. The molecule has 2 aromatic rings. The fraction of sp³-hybridized carbons (Fsp3) is 0.548. The lowest BCUT2D eigenvalue weighted by Crippen LogP contribution is -2.49. The molecule has 10 heteroatoms. The van der Waals surface area contributed by atoms with Crippen LogP contribution in [-0.4, -0.2) is 66.5 Å². The Bertz CT molecular complexity index is 1120. The van der Waals surface area contributed by atoms with Crippen LogP contribution in [0.3, 0.4) is 0 Å². The zero-order valence-corrected chi connectivity index (χ0v) is 24.7. The molecule has 228 valence electrons. The summed E-state index contributed by atoms with van der Waals surface area (Å²) in [5.74, 6) is -0.557. The van der Waals surface area contributed by atoms with Gasteiger partial charge in [0.2, 0.25) is 0 Å². The third-order valence-corrected chi connectivity index (χ3v) is 6.48. The van der Waals surface area contributed by atoms with E-state index in [2.05, 4.69) is 29.2 Å². The average Bonchev–Trinajstić information content (AvgIpc) is 2.88. The molecule has 0 unspecified atom stereocenters. The highest BCUT2D eigenvalue weighted by Crippen LogP contribution is 2.24. The summed E-state index contributed by atoms with van der Waals surface area (Å²) >= 11 is 0. The van der Waals surface area contributed by atoms with Crippen molar-refractivity contribution in [2.45, 2.75) is 78.8 Å². The molecule has 0 heterocycles. The molecule has 2 amide bonds. The fourth-order valence-electron chi connectivity index (χ4n) is 4.52. The highest BCUT2D eigenvalue weighted by molar-refractivity contribution is 6.00. The lowest BCUT2D eigenvalue weighted by molar-refractivity contribution is -0.274. The molecule has 0 aromatic heterocycles. The molecule has 0 bridgehead atoms. The number of nitrogens with one attached hydrogen (secondary N) is 2. The Balaban J connectivity index is 2.29. The summed E-state index contributed by atoms with van der Waals surface area (Å²) in [6.07, 6.45) is -3.29. The largest absolute Gasteiger partial charge is 0.573 e. The average molecular weight is 580 g/mol. The molecule has 0 aliphatic carbocycles. The molecule has 0 aliphatic rings. The van der Waals surface area contributed by atoms with E-state index >= 15 is 0 Å². The number of halogens is 3. The summed E-state index contributed by atoms with van der Waals surface area (Å²) in [6.45, 7) is 12.0. The zero-order chi connectivity index (χ0) is 30.6. The molecule has 0 aliphatic heterocycles. The van der Waals surface area contributed by atoms with Gasteiger partial charge in [0.1, 0.15) is 5.75 Å². The number of nitrogens with zero attached hydrogens (tertiary/aromatic N) is 1. The standard InChI is InChI=1S/C31H44F3N3O4/c1-6-13-37(14-7-2)30(40)25-16-22(5)15-24(19-25)29(39)36-27(28(38)20-35-12-11-21(3)4)18-23-9-8-10-26(17-23)41-31(32,33)34/h8-10,15-17,19,21,27-28,35,38H,6-7,11-14,18,20H2,1-5H3,(H,36,39)/t27-,28+/m0/s1. The van der Waals surface area contributed by atoms with Crippen molar-refractivity contribution in [1.29, 1.82) is 0 Å². The van der Waals surface area contributed by atoms with E-state index in [0.717, 1.165) is 24.8 Å². The van der Waals surface area contributed by atoms with Crippen molar-refractivity contribution in [3.05, 3.63) is 64.7 Å². The van der Waals surface area contributed by atoms with Crippen LogP contribution in [0.25, 0.3) is 0 Å². The molecule has 0 saturated heterocycles. The van der Waals surface area contributed by atoms with Gasteiger partial charge in [0.05, 0.1) is 12.1 Å². The molecule has 2 rings (SSSR count). The smallest absolute Gasteiger partial charge is 0.406 e. The molecular weight excluding hydrogens is 535 g/mol. The van der Waals surface area contributed by atoms with Crippen LogP contribution >= 0.6 is 0 Å². The van der Waals surface area contributed by atoms with Gasteiger partial charge in [-0.2, -0.15) is 0 Å². The fourth-order valence-corrected chi connectivity index (χ4v) is 4.52. The topological polar surface area (TPSA) is 90.9 Å². The highest BCUT2D eigenvalue weighted by Gasteiger charge is 2.31. The first-order chi connectivity index (χ1) is 19.3. The van der Waals surface area contributed by atoms with Crippen LogP contribution in [0.5, 0.6) is 5.75 Å². The second kappa shape index (κ2) is 16.4. The van der Waals surface area contributed by atoms with Gasteiger partial charge in [0, 0.05) is 30.8 Å². The van der Waals surface area contributed by atoms with E-state index in [1.165, 1.54) is 18.2 Å². The molecule has 0 saturated carbocycles. The normalized spacial score (nSPS) is 13.1. The van der Waals surface area contributed by atoms with Crippen LogP contribution in [0.2, 0.25) is 0 Å². The number of aliphatic hydroxyl groups excluding tert-OH is 1. The number of aryl methyl sites for hydroxylation is 1. The van der Waals surface area contributed by atoms with Gasteiger partial charge in [-0.05, 0) is 86.5 Å². The number of carbonyl (C=O) groups is 2. The van der Waals surface area contributed by atoms with Gasteiger partial charge in [-0.1, -0.05) is 39.8 Å². The highest BCUT2D eigenvalue weighted by atomic mass is 19.4. The van der Waals surface area contributed by atoms with Crippen LogP contribution < -0.4 is 15.4 Å². The molecule has 41 heavy (non-hydrogen) atoms. The first kappa shape index (κ1) is 34.1. The minimum atomic E-state index is -4.84. The van der Waals surface area contributed by atoms with Crippen molar-refractivity contribution in [3.63, 3.8) is 0 Å². The molecule has 0 spiro atoms. The van der Waals surface area contributed by atoms with Gasteiger partial charge < -0.3 is 25.4 Å². The van der Waals surface area contributed by atoms with Gasteiger partial charge >= 0.3 is 6.36 Å². The Hall–Kier alpha value is -3.11. The monoisotopic (exact) mass is 579 g/mol. The molecule has 2 aromatic carbocycles. The van der Waals surface area contributed by atoms with E-state index in [-0.39, 0.29) is 30.2 Å². The summed E-state index contributed by atoms with van der Waals surface area (Å²) in [4.78, 5) is 28.4. The predicted molar refractivity (Wildman–Crippen MR) is 154 cm³/mol. The maximum Gasteiger partial charge on any atom is 0.573 e. The Morgan fingerprint density at radius 3 is 2.29 bits per heavy atom. The van der Waals surface area contributed by atoms with Gasteiger partial charge in [0.15, 0.2) is 0 Å². The van der Waals surface area contributed by atoms with Gasteiger partial charge in [0.25, 0.3) is 11.8 Å². The lowest BCUT2D eigenvalue weighted by atomic mass is 9.99.